The zero-order valence-electron chi connectivity index (χ0n) is 5.31. The topological polar surface area (TPSA) is 20.2 Å². The lowest BCUT2D eigenvalue weighted by Crippen LogP contribution is -2.29. The molecule has 0 amide bonds. The van der Waals surface area contributed by atoms with Crippen LogP contribution in [0.3, 0.4) is 0 Å². The Balaban J connectivity index is 1.85. The highest BCUT2D eigenvalue weighted by Crippen LogP contribution is 2.64. The molecule has 0 aromatic rings. The van der Waals surface area contributed by atoms with Crippen LogP contribution in [0.5, 0.6) is 0 Å². The highest BCUT2D eigenvalue weighted by Gasteiger charge is 2.62. The second-order valence-electron chi connectivity index (χ2n) is 3.49. The quantitative estimate of drug-likeness (QED) is 0.564. The Kier molecular flexibility index (Phi) is 0.933. The average Bonchev–Trinajstić information content (AvgIpc) is 2.37. The first-order valence-corrected chi connectivity index (χ1v) is 3.52. The standard InChI is InChI=1S/C7H11FO/c8-6-3-7(6)1-5(2-7)4-9/h5-6,9H,1-4H2. The summed E-state index contributed by atoms with van der Waals surface area (Å²) in [5.74, 6) is 0.422. The van der Waals surface area contributed by atoms with Crippen molar-refractivity contribution < 1.29 is 9.50 Å². The van der Waals surface area contributed by atoms with E-state index in [1.807, 2.05) is 0 Å². The third kappa shape index (κ3) is 0.627. The number of alkyl halides is 1. The summed E-state index contributed by atoms with van der Waals surface area (Å²) in [5, 5.41) is 8.61. The Morgan fingerprint density at radius 2 is 2.00 bits per heavy atom. The van der Waals surface area contributed by atoms with Gasteiger partial charge in [0.25, 0.3) is 0 Å². The lowest BCUT2D eigenvalue weighted by molar-refractivity contribution is 0.0746. The number of aliphatic hydroxyl groups excluding tert-OH is 1. The molecule has 1 N–H and O–H groups in total. The van der Waals surface area contributed by atoms with Gasteiger partial charge in [-0.2, -0.15) is 0 Å². The molecule has 9 heavy (non-hydrogen) atoms. The Morgan fingerprint density at radius 1 is 1.44 bits per heavy atom. The van der Waals surface area contributed by atoms with Gasteiger partial charge < -0.3 is 5.11 Å². The summed E-state index contributed by atoms with van der Waals surface area (Å²) in [4.78, 5) is 0. The molecule has 1 spiro atoms. The summed E-state index contributed by atoms with van der Waals surface area (Å²) in [6.45, 7) is 0.258. The first-order chi connectivity index (χ1) is 4.27. The third-order valence-corrected chi connectivity index (χ3v) is 2.74. The fourth-order valence-corrected chi connectivity index (χ4v) is 1.94. The molecule has 2 heteroatoms. The monoisotopic (exact) mass is 130 g/mol. The minimum absolute atomic E-state index is 0.0768. The van der Waals surface area contributed by atoms with Gasteiger partial charge in [-0.15, -0.1) is 0 Å². The van der Waals surface area contributed by atoms with Gasteiger partial charge in [-0.05, 0) is 25.2 Å². The largest absolute Gasteiger partial charge is 0.396 e. The number of rotatable bonds is 1. The Bertz CT molecular complexity index is 129. The van der Waals surface area contributed by atoms with Gasteiger partial charge in [-0.1, -0.05) is 0 Å². The Hall–Kier alpha value is -0.110. The smallest absolute Gasteiger partial charge is 0.106 e. The van der Waals surface area contributed by atoms with Crippen molar-refractivity contribution in [2.24, 2.45) is 11.3 Å². The van der Waals surface area contributed by atoms with Gasteiger partial charge >= 0.3 is 0 Å². The van der Waals surface area contributed by atoms with E-state index in [1.54, 1.807) is 0 Å². The fraction of sp³-hybridized carbons (Fsp3) is 1.00. The van der Waals surface area contributed by atoms with Crippen LogP contribution in [-0.2, 0) is 0 Å². The van der Waals surface area contributed by atoms with Crippen LogP contribution in [0.4, 0.5) is 4.39 Å². The molecule has 1 unspecified atom stereocenters. The molecule has 0 aliphatic heterocycles. The van der Waals surface area contributed by atoms with Crippen molar-refractivity contribution in [2.75, 3.05) is 6.61 Å². The Labute approximate surface area is 53.9 Å². The predicted molar refractivity (Wildman–Crippen MR) is 31.8 cm³/mol. The maximum Gasteiger partial charge on any atom is 0.106 e. The predicted octanol–water partition coefficient (Wildman–Crippen LogP) is 1.12. The molecular weight excluding hydrogens is 119 g/mol. The van der Waals surface area contributed by atoms with Gasteiger partial charge in [0.05, 0.1) is 0 Å². The SMILES string of the molecule is OCC1CC2(C1)CC2F. The zero-order valence-corrected chi connectivity index (χ0v) is 5.31. The van der Waals surface area contributed by atoms with E-state index in [1.165, 1.54) is 0 Å². The summed E-state index contributed by atoms with van der Waals surface area (Å²) in [7, 11) is 0. The molecule has 2 fully saturated rings. The van der Waals surface area contributed by atoms with E-state index in [4.69, 9.17) is 5.11 Å². The molecule has 2 aliphatic carbocycles. The summed E-state index contributed by atoms with van der Waals surface area (Å²) in [6.07, 6.45) is 2.11. The molecule has 0 radical (unpaired) electrons. The van der Waals surface area contributed by atoms with Gasteiger partial charge in [-0.25, -0.2) is 4.39 Å². The molecule has 0 aromatic heterocycles. The molecule has 1 nitrogen and oxygen atoms in total. The summed E-state index contributed by atoms with van der Waals surface area (Å²) in [6, 6.07) is 0. The lowest BCUT2D eigenvalue weighted by atomic mass is 9.72. The van der Waals surface area contributed by atoms with Crippen LogP contribution >= 0.6 is 0 Å². The second-order valence-corrected chi connectivity index (χ2v) is 3.49. The van der Waals surface area contributed by atoms with Gasteiger partial charge in [0.1, 0.15) is 6.17 Å². The van der Waals surface area contributed by atoms with Crippen LogP contribution in [0.1, 0.15) is 19.3 Å². The highest BCUT2D eigenvalue weighted by atomic mass is 19.1. The van der Waals surface area contributed by atoms with Crippen LogP contribution in [0.2, 0.25) is 0 Å². The van der Waals surface area contributed by atoms with Crippen LogP contribution in [0.15, 0.2) is 0 Å². The molecule has 0 saturated heterocycles. The maximum atomic E-state index is 12.4. The summed E-state index contributed by atoms with van der Waals surface area (Å²) < 4.78 is 12.4. The van der Waals surface area contributed by atoms with Crippen molar-refractivity contribution in [1.29, 1.82) is 0 Å². The van der Waals surface area contributed by atoms with E-state index in [2.05, 4.69) is 0 Å². The zero-order chi connectivity index (χ0) is 6.48. The molecule has 2 rings (SSSR count). The maximum absolute atomic E-state index is 12.4. The number of aliphatic hydroxyl groups is 1. The molecule has 2 saturated carbocycles. The lowest BCUT2D eigenvalue weighted by Gasteiger charge is -2.34. The van der Waals surface area contributed by atoms with Crippen molar-refractivity contribution in [3.8, 4) is 0 Å². The van der Waals surface area contributed by atoms with Crippen molar-refractivity contribution >= 4 is 0 Å². The number of hydrogen-bond acceptors (Lipinski definition) is 1. The molecule has 0 bridgehead atoms. The van der Waals surface area contributed by atoms with Gasteiger partial charge in [0.2, 0.25) is 0 Å². The average molecular weight is 130 g/mol. The van der Waals surface area contributed by atoms with E-state index >= 15 is 0 Å². The van der Waals surface area contributed by atoms with Crippen LogP contribution in [0.25, 0.3) is 0 Å². The van der Waals surface area contributed by atoms with E-state index in [0.29, 0.717) is 5.92 Å². The molecule has 0 aromatic carbocycles. The second kappa shape index (κ2) is 1.48. The fourth-order valence-electron chi connectivity index (χ4n) is 1.94. The van der Waals surface area contributed by atoms with Crippen molar-refractivity contribution in [3.05, 3.63) is 0 Å². The molecule has 52 valence electrons. The summed E-state index contributed by atoms with van der Waals surface area (Å²) >= 11 is 0. The van der Waals surface area contributed by atoms with Crippen molar-refractivity contribution in [3.63, 3.8) is 0 Å². The van der Waals surface area contributed by atoms with Gasteiger partial charge in [0.15, 0.2) is 0 Å². The summed E-state index contributed by atoms with van der Waals surface area (Å²) in [5.41, 5.74) is 0.0768. The molecular formula is C7H11FO. The molecule has 2 aliphatic rings. The first kappa shape index (κ1) is 5.66. The van der Waals surface area contributed by atoms with Crippen molar-refractivity contribution in [1.82, 2.24) is 0 Å². The van der Waals surface area contributed by atoms with E-state index in [-0.39, 0.29) is 12.0 Å². The molecule has 1 atom stereocenters. The highest BCUT2D eigenvalue weighted by molar-refractivity contribution is 5.11. The number of hydrogen-bond donors (Lipinski definition) is 1. The van der Waals surface area contributed by atoms with E-state index in [0.717, 1.165) is 19.3 Å². The van der Waals surface area contributed by atoms with E-state index in [9.17, 15) is 4.39 Å². The minimum atomic E-state index is -0.528. The first-order valence-electron chi connectivity index (χ1n) is 3.52. The minimum Gasteiger partial charge on any atom is -0.396 e. The van der Waals surface area contributed by atoms with Crippen LogP contribution in [-0.4, -0.2) is 17.9 Å². The van der Waals surface area contributed by atoms with Gasteiger partial charge in [0, 0.05) is 12.0 Å². The normalized spacial score (nSPS) is 55.3. The third-order valence-electron chi connectivity index (χ3n) is 2.74. The Morgan fingerprint density at radius 3 is 2.33 bits per heavy atom. The van der Waals surface area contributed by atoms with E-state index < -0.39 is 6.17 Å². The van der Waals surface area contributed by atoms with Crippen LogP contribution in [0, 0.1) is 11.3 Å². The van der Waals surface area contributed by atoms with Crippen LogP contribution < -0.4 is 0 Å². The number of halogens is 1. The van der Waals surface area contributed by atoms with Crippen molar-refractivity contribution in [2.45, 2.75) is 25.4 Å². The molecule has 0 heterocycles. The van der Waals surface area contributed by atoms with Gasteiger partial charge in [-0.3, -0.25) is 0 Å².